The molecule has 19 heavy (non-hydrogen) atoms. The van der Waals surface area contributed by atoms with E-state index in [4.69, 9.17) is 16.7 Å². The molecule has 1 aromatic heterocycles. The van der Waals surface area contributed by atoms with Crippen LogP contribution in [0.15, 0.2) is 29.3 Å². The van der Waals surface area contributed by atoms with Gasteiger partial charge in [-0.05, 0) is 31.2 Å². The first-order chi connectivity index (χ1) is 8.97. The van der Waals surface area contributed by atoms with Crippen LogP contribution < -0.4 is 4.80 Å². The van der Waals surface area contributed by atoms with E-state index in [1.165, 1.54) is 11.3 Å². The fraction of sp³-hybridized carbons (Fsp3) is 0.231. The molecule has 1 N–H and O–H groups in total. The van der Waals surface area contributed by atoms with Crippen LogP contribution in [-0.4, -0.2) is 15.6 Å². The molecule has 2 rings (SSSR count). The summed E-state index contributed by atoms with van der Waals surface area (Å²) in [5.74, 6) is -0.831. The minimum Gasteiger partial charge on any atom is -0.481 e. The average molecular weight is 297 g/mol. The predicted molar refractivity (Wildman–Crippen MR) is 76.0 cm³/mol. The smallest absolute Gasteiger partial charge is 0.308 e. The number of benzene rings is 1. The Labute approximate surface area is 119 Å². The third-order valence-electron chi connectivity index (χ3n) is 2.77. The maximum Gasteiger partial charge on any atom is 0.308 e. The van der Waals surface area contributed by atoms with E-state index in [1.54, 1.807) is 12.1 Å². The van der Waals surface area contributed by atoms with E-state index in [1.807, 2.05) is 30.7 Å². The lowest BCUT2D eigenvalue weighted by Gasteiger charge is -1.97. The highest BCUT2D eigenvalue weighted by atomic mass is 35.5. The van der Waals surface area contributed by atoms with Crippen LogP contribution in [-0.2, 0) is 18.3 Å². The molecule has 0 aliphatic carbocycles. The molecular weight excluding hydrogens is 284 g/mol. The highest BCUT2D eigenvalue weighted by Crippen LogP contribution is 2.17. The fourth-order valence-corrected chi connectivity index (χ4v) is 2.86. The minimum absolute atomic E-state index is 0.0283. The third kappa shape index (κ3) is 3.24. The maximum atomic E-state index is 10.8. The van der Waals surface area contributed by atoms with Crippen molar-refractivity contribution in [2.45, 2.75) is 13.3 Å². The summed E-state index contributed by atoms with van der Waals surface area (Å²) >= 11 is 7.22. The molecule has 0 aliphatic rings. The number of halogens is 1. The molecule has 100 valence electrons. The van der Waals surface area contributed by atoms with E-state index in [9.17, 15) is 4.79 Å². The largest absolute Gasteiger partial charge is 0.481 e. The van der Waals surface area contributed by atoms with Crippen LogP contribution in [0.2, 0.25) is 5.02 Å². The summed E-state index contributed by atoms with van der Waals surface area (Å²) in [6.45, 7) is 1.90. The quantitative estimate of drug-likeness (QED) is 0.947. The van der Waals surface area contributed by atoms with Crippen molar-refractivity contribution in [3.63, 3.8) is 0 Å². The van der Waals surface area contributed by atoms with Crippen LogP contribution in [0.1, 0.15) is 10.6 Å². The Balaban J connectivity index is 2.45. The van der Waals surface area contributed by atoms with Crippen LogP contribution in [0, 0.1) is 6.92 Å². The first kappa shape index (κ1) is 13.8. The summed E-state index contributed by atoms with van der Waals surface area (Å²) in [6, 6.07) is 7.21. The molecule has 0 amide bonds. The van der Waals surface area contributed by atoms with Crippen LogP contribution >= 0.6 is 22.9 Å². The molecule has 1 aromatic carbocycles. The van der Waals surface area contributed by atoms with Crippen molar-refractivity contribution >= 4 is 34.6 Å². The molecular formula is C13H13ClN2O2S. The summed E-state index contributed by atoms with van der Waals surface area (Å²) in [7, 11) is 1.88. The Morgan fingerprint density at radius 3 is 2.63 bits per heavy atom. The number of carboxylic acids is 1. The van der Waals surface area contributed by atoms with Gasteiger partial charge in [-0.2, -0.15) is 0 Å². The van der Waals surface area contributed by atoms with Gasteiger partial charge in [0.05, 0.1) is 12.1 Å². The standard InChI is InChI=1S/C13H13ClN2O2S/c1-8-11(7-12(17)18)19-13(16(8)2)15-10-5-3-9(14)4-6-10/h3-6H,7H2,1-2H3,(H,17,18). The SMILES string of the molecule is Cc1c(CC(=O)O)sc(=Nc2ccc(Cl)cc2)n1C. The summed E-state index contributed by atoms with van der Waals surface area (Å²) < 4.78 is 1.90. The van der Waals surface area contributed by atoms with E-state index in [-0.39, 0.29) is 6.42 Å². The second kappa shape index (κ2) is 5.59. The molecule has 4 nitrogen and oxygen atoms in total. The number of thiazole rings is 1. The number of hydrogen-bond donors (Lipinski definition) is 1. The van der Waals surface area contributed by atoms with E-state index in [0.717, 1.165) is 21.1 Å². The molecule has 0 spiro atoms. The van der Waals surface area contributed by atoms with Crippen molar-refractivity contribution in [3.8, 4) is 0 Å². The molecule has 0 saturated heterocycles. The first-order valence-corrected chi connectivity index (χ1v) is 6.84. The van der Waals surface area contributed by atoms with Crippen molar-refractivity contribution in [2.24, 2.45) is 12.0 Å². The van der Waals surface area contributed by atoms with Crippen molar-refractivity contribution in [1.29, 1.82) is 0 Å². The zero-order valence-electron chi connectivity index (χ0n) is 10.6. The number of rotatable bonds is 3. The van der Waals surface area contributed by atoms with Gasteiger partial charge in [0.1, 0.15) is 0 Å². The van der Waals surface area contributed by atoms with Gasteiger partial charge in [0, 0.05) is 22.6 Å². The Morgan fingerprint density at radius 1 is 1.42 bits per heavy atom. The van der Waals surface area contributed by atoms with Crippen LogP contribution in [0.5, 0.6) is 0 Å². The Bertz CT molecular complexity index is 671. The van der Waals surface area contributed by atoms with Crippen molar-refractivity contribution < 1.29 is 9.90 Å². The first-order valence-electron chi connectivity index (χ1n) is 5.65. The molecule has 0 radical (unpaired) electrons. The molecule has 2 aromatic rings. The Morgan fingerprint density at radius 2 is 2.05 bits per heavy atom. The summed E-state index contributed by atoms with van der Waals surface area (Å²) in [5, 5.41) is 9.53. The lowest BCUT2D eigenvalue weighted by Crippen LogP contribution is -2.11. The summed E-state index contributed by atoms with van der Waals surface area (Å²) in [4.78, 5) is 16.9. The minimum atomic E-state index is -0.831. The van der Waals surface area contributed by atoms with Gasteiger partial charge in [0.15, 0.2) is 4.80 Å². The molecule has 1 heterocycles. The zero-order chi connectivity index (χ0) is 14.0. The average Bonchev–Trinajstić information content (AvgIpc) is 2.60. The number of aromatic nitrogens is 1. The van der Waals surface area contributed by atoms with E-state index < -0.39 is 5.97 Å². The van der Waals surface area contributed by atoms with E-state index >= 15 is 0 Å². The Hall–Kier alpha value is -1.59. The number of aliphatic carboxylic acids is 1. The molecule has 6 heteroatoms. The van der Waals surface area contributed by atoms with Gasteiger partial charge in [-0.3, -0.25) is 4.79 Å². The topological polar surface area (TPSA) is 54.6 Å². The molecule has 0 unspecified atom stereocenters. The summed E-state index contributed by atoms with van der Waals surface area (Å²) in [6.07, 6.45) is 0.0283. The number of carboxylic acid groups (broad SMARTS) is 1. The normalized spacial score (nSPS) is 11.8. The zero-order valence-corrected chi connectivity index (χ0v) is 12.1. The van der Waals surface area contributed by atoms with Gasteiger partial charge in [-0.15, -0.1) is 11.3 Å². The Kier molecular flexibility index (Phi) is 4.07. The predicted octanol–water partition coefficient (Wildman–Crippen LogP) is 2.91. The monoisotopic (exact) mass is 296 g/mol. The van der Waals surface area contributed by atoms with Crippen LogP contribution in [0.3, 0.4) is 0 Å². The second-order valence-electron chi connectivity index (χ2n) is 4.11. The van der Waals surface area contributed by atoms with Gasteiger partial charge in [0.25, 0.3) is 0 Å². The fourth-order valence-electron chi connectivity index (χ4n) is 1.61. The molecule has 0 aliphatic heterocycles. The van der Waals surface area contributed by atoms with Gasteiger partial charge in [-0.1, -0.05) is 11.6 Å². The molecule has 0 bridgehead atoms. The van der Waals surface area contributed by atoms with Gasteiger partial charge in [-0.25, -0.2) is 4.99 Å². The highest BCUT2D eigenvalue weighted by Gasteiger charge is 2.10. The molecule has 0 atom stereocenters. The van der Waals surface area contributed by atoms with Gasteiger partial charge >= 0.3 is 5.97 Å². The number of hydrogen-bond acceptors (Lipinski definition) is 3. The van der Waals surface area contributed by atoms with E-state index in [0.29, 0.717) is 5.02 Å². The second-order valence-corrected chi connectivity index (χ2v) is 5.61. The lowest BCUT2D eigenvalue weighted by molar-refractivity contribution is -0.136. The van der Waals surface area contributed by atoms with E-state index in [2.05, 4.69) is 4.99 Å². The maximum absolute atomic E-state index is 10.8. The van der Waals surface area contributed by atoms with Crippen molar-refractivity contribution in [3.05, 3.63) is 44.7 Å². The third-order valence-corrected chi connectivity index (χ3v) is 4.26. The lowest BCUT2D eigenvalue weighted by atomic mass is 10.3. The molecule has 0 saturated carbocycles. The van der Waals surface area contributed by atoms with Crippen LogP contribution in [0.4, 0.5) is 5.69 Å². The number of carbonyl (C=O) groups is 1. The van der Waals surface area contributed by atoms with Gasteiger partial charge < -0.3 is 9.67 Å². The highest BCUT2D eigenvalue weighted by molar-refractivity contribution is 7.09. The van der Waals surface area contributed by atoms with Crippen molar-refractivity contribution in [2.75, 3.05) is 0 Å². The van der Waals surface area contributed by atoms with Crippen LogP contribution in [0.25, 0.3) is 0 Å². The van der Waals surface area contributed by atoms with Gasteiger partial charge in [0.2, 0.25) is 0 Å². The number of nitrogens with zero attached hydrogens (tertiary/aromatic N) is 2. The summed E-state index contributed by atoms with van der Waals surface area (Å²) in [5.41, 5.74) is 1.73. The molecule has 0 fully saturated rings. The van der Waals surface area contributed by atoms with Crippen molar-refractivity contribution in [1.82, 2.24) is 4.57 Å².